The van der Waals surface area contributed by atoms with Crippen LogP contribution in [0.5, 0.6) is 0 Å². The Kier molecular flexibility index (Phi) is 3.89. The third kappa shape index (κ3) is 3.06. The molecule has 4 nitrogen and oxygen atoms in total. The molecule has 2 aromatic rings. The SMILES string of the molecule is Cc1ccc(N)c(C)c1NC(=O)Nc1ccc(F)cc1. The fourth-order valence-corrected chi connectivity index (χ4v) is 1.86. The third-order valence-electron chi connectivity index (χ3n) is 3.06. The molecule has 0 aliphatic rings. The van der Waals surface area contributed by atoms with Crippen LogP contribution >= 0.6 is 0 Å². The summed E-state index contributed by atoms with van der Waals surface area (Å²) >= 11 is 0. The van der Waals surface area contributed by atoms with Crippen molar-refractivity contribution in [1.82, 2.24) is 0 Å². The number of halogens is 1. The fraction of sp³-hybridized carbons (Fsp3) is 0.133. The lowest BCUT2D eigenvalue weighted by atomic mass is 10.1. The number of benzene rings is 2. The van der Waals surface area contributed by atoms with Crippen molar-refractivity contribution in [3.63, 3.8) is 0 Å². The van der Waals surface area contributed by atoms with Gasteiger partial charge in [0.1, 0.15) is 5.82 Å². The van der Waals surface area contributed by atoms with E-state index in [1.54, 1.807) is 6.07 Å². The van der Waals surface area contributed by atoms with Crippen molar-refractivity contribution < 1.29 is 9.18 Å². The maximum atomic E-state index is 12.8. The van der Waals surface area contributed by atoms with Crippen molar-refractivity contribution in [2.24, 2.45) is 0 Å². The quantitative estimate of drug-likeness (QED) is 0.731. The summed E-state index contributed by atoms with van der Waals surface area (Å²) in [4.78, 5) is 11.9. The van der Waals surface area contributed by atoms with Gasteiger partial charge in [-0.2, -0.15) is 0 Å². The molecule has 0 saturated heterocycles. The Balaban J connectivity index is 2.12. The zero-order valence-corrected chi connectivity index (χ0v) is 11.3. The number of carbonyl (C=O) groups excluding carboxylic acids is 1. The Bertz CT molecular complexity index is 638. The van der Waals surface area contributed by atoms with Gasteiger partial charge in [-0.1, -0.05) is 6.07 Å². The van der Waals surface area contributed by atoms with E-state index < -0.39 is 6.03 Å². The third-order valence-corrected chi connectivity index (χ3v) is 3.06. The van der Waals surface area contributed by atoms with Crippen molar-refractivity contribution in [3.8, 4) is 0 Å². The van der Waals surface area contributed by atoms with Crippen molar-refractivity contribution >= 4 is 23.1 Å². The maximum absolute atomic E-state index is 12.8. The lowest BCUT2D eigenvalue weighted by Crippen LogP contribution is -2.20. The average Bonchev–Trinajstić information content (AvgIpc) is 2.42. The van der Waals surface area contributed by atoms with Gasteiger partial charge in [-0.15, -0.1) is 0 Å². The number of nitrogens with one attached hydrogen (secondary N) is 2. The van der Waals surface area contributed by atoms with Crippen molar-refractivity contribution in [2.75, 3.05) is 16.4 Å². The topological polar surface area (TPSA) is 67.1 Å². The molecule has 0 aromatic heterocycles. The van der Waals surface area contributed by atoms with Gasteiger partial charge in [0.25, 0.3) is 0 Å². The summed E-state index contributed by atoms with van der Waals surface area (Å²) < 4.78 is 12.8. The Morgan fingerprint density at radius 3 is 2.35 bits per heavy atom. The van der Waals surface area contributed by atoms with Gasteiger partial charge in [-0.3, -0.25) is 0 Å². The van der Waals surface area contributed by atoms with Gasteiger partial charge in [0.2, 0.25) is 0 Å². The molecule has 0 spiro atoms. The first-order valence-corrected chi connectivity index (χ1v) is 6.16. The van der Waals surface area contributed by atoms with E-state index in [1.165, 1.54) is 24.3 Å². The average molecular weight is 273 g/mol. The van der Waals surface area contributed by atoms with E-state index in [0.717, 1.165) is 11.1 Å². The van der Waals surface area contributed by atoms with Gasteiger partial charge in [0.15, 0.2) is 0 Å². The number of nitrogen functional groups attached to an aromatic ring is 1. The number of carbonyl (C=O) groups is 1. The van der Waals surface area contributed by atoms with Crippen LogP contribution in [0.15, 0.2) is 36.4 Å². The highest BCUT2D eigenvalue weighted by atomic mass is 19.1. The summed E-state index contributed by atoms with van der Waals surface area (Å²) in [6.07, 6.45) is 0. The zero-order chi connectivity index (χ0) is 14.7. The number of rotatable bonds is 2. The van der Waals surface area contributed by atoms with E-state index in [9.17, 15) is 9.18 Å². The largest absolute Gasteiger partial charge is 0.398 e. The minimum atomic E-state index is -0.395. The summed E-state index contributed by atoms with van der Waals surface area (Å²) in [7, 11) is 0. The number of aryl methyl sites for hydroxylation is 1. The van der Waals surface area contributed by atoms with Gasteiger partial charge in [-0.05, 0) is 55.3 Å². The Labute approximate surface area is 116 Å². The maximum Gasteiger partial charge on any atom is 0.323 e. The lowest BCUT2D eigenvalue weighted by Gasteiger charge is -2.14. The minimum Gasteiger partial charge on any atom is -0.398 e. The predicted octanol–water partition coefficient (Wildman–Crippen LogP) is 3.67. The molecule has 0 radical (unpaired) electrons. The molecule has 0 saturated carbocycles. The van der Waals surface area contributed by atoms with E-state index >= 15 is 0 Å². The molecule has 0 fully saturated rings. The standard InChI is InChI=1S/C15H16FN3O/c1-9-3-8-13(17)10(2)14(9)19-15(20)18-12-6-4-11(16)5-7-12/h3-8H,17H2,1-2H3,(H2,18,19,20). The monoisotopic (exact) mass is 273 g/mol. The fourth-order valence-electron chi connectivity index (χ4n) is 1.86. The molecule has 20 heavy (non-hydrogen) atoms. The second kappa shape index (κ2) is 5.61. The molecule has 0 unspecified atom stereocenters. The van der Waals surface area contributed by atoms with E-state index in [4.69, 9.17) is 5.73 Å². The normalized spacial score (nSPS) is 10.2. The number of anilines is 3. The van der Waals surface area contributed by atoms with Crippen LogP contribution in [0.2, 0.25) is 0 Å². The lowest BCUT2D eigenvalue weighted by molar-refractivity contribution is 0.262. The molecule has 0 heterocycles. The number of amides is 2. The first-order chi connectivity index (χ1) is 9.47. The Morgan fingerprint density at radius 1 is 1.05 bits per heavy atom. The Morgan fingerprint density at radius 2 is 1.70 bits per heavy atom. The van der Waals surface area contributed by atoms with E-state index in [0.29, 0.717) is 17.1 Å². The van der Waals surface area contributed by atoms with Gasteiger partial charge < -0.3 is 16.4 Å². The van der Waals surface area contributed by atoms with Crippen LogP contribution in [-0.2, 0) is 0 Å². The van der Waals surface area contributed by atoms with Crippen LogP contribution in [-0.4, -0.2) is 6.03 Å². The van der Waals surface area contributed by atoms with Crippen LogP contribution < -0.4 is 16.4 Å². The van der Waals surface area contributed by atoms with Crippen LogP contribution in [0.25, 0.3) is 0 Å². The highest BCUT2D eigenvalue weighted by molar-refractivity contribution is 6.01. The molecule has 4 N–H and O–H groups in total. The van der Waals surface area contributed by atoms with E-state index in [2.05, 4.69) is 10.6 Å². The zero-order valence-electron chi connectivity index (χ0n) is 11.3. The molecule has 2 amide bonds. The van der Waals surface area contributed by atoms with Crippen LogP contribution in [0, 0.1) is 19.7 Å². The highest BCUT2D eigenvalue weighted by Crippen LogP contribution is 2.25. The highest BCUT2D eigenvalue weighted by Gasteiger charge is 2.09. The Hall–Kier alpha value is -2.56. The molecule has 0 atom stereocenters. The number of hydrogen-bond donors (Lipinski definition) is 3. The summed E-state index contributed by atoms with van der Waals surface area (Å²) in [6, 6.07) is 8.80. The van der Waals surface area contributed by atoms with Gasteiger partial charge in [0.05, 0.1) is 5.69 Å². The summed E-state index contributed by atoms with van der Waals surface area (Å²) in [5.74, 6) is -0.349. The molecule has 5 heteroatoms. The molecular formula is C15H16FN3O. The van der Waals surface area contributed by atoms with Crippen LogP contribution in [0.4, 0.5) is 26.2 Å². The molecule has 2 aromatic carbocycles. The second-order valence-corrected chi connectivity index (χ2v) is 4.56. The smallest absolute Gasteiger partial charge is 0.323 e. The molecule has 0 bridgehead atoms. The van der Waals surface area contributed by atoms with Crippen LogP contribution in [0.3, 0.4) is 0 Å². The number of urea groups is 1. The second-order valence-electron chi connectivity index (χ2n) is 4.56. The van der Waals surface area contributed by atoms with Crippen molar-refractivity contribution in [2.45, 2.75) is 13.8 Å². The van der Waals surface area contributed by atoms with Crippen molar-refractivity contribution in [1.29, 1.82) is 0 Å². The molecule has 0 aliphatic heterocycles. The summed E-state index contributed by atoms with van der Waals surface area (Å²) in [5.41, 5.74) is 9.38. The summed E-state index contributed by atoms with van der Waals surface area (Å²) in [5, 5.41) is 5.39. The molecule has 0 aliphatic carbocycles. The predicted molar refractivity (Wildman–Crippen MR) is 79.4 cm³/mol. The molecule has 2 rings (SSSR count). The van der Waals surface area contributed by atoms with E-state index in [-0.39, 0.29) is 5.82 Å². The van der Waals surface area contributed by atoms with Gasteiger partial charge in [0, 0.05) is 11.4 Å². The number of hydrogen-bond acceptors (Lipinski definition) is 2. The first kappa shape index (κ1) is 13.9. The number of nitrogens with two attached hydrogens (primary N) is 1. The minimum absolute atomic E-state index is 0.349. The first-order valence-electron chi connectivity index (χ1n) is 6.16. The van der Waals surface area contributed by atoms with E-state index in [1.807, 2.05) is 19.9 Å². The van der Waals surface area contributed by atoms with Crippen molar-refractivity contribution in [3.05, 3.63) is 53.3 Å². The summed E-state index contributed by atoms with van der Waals surface area (Å²) in [6.45, 7) is 3.73. The van der Waals surface area contributed by atoms with Gasteiger partial charge in [-0.25, -0.2) is 9.18 Å². The van der Waals surface area contributed by atoms with Gasteiger partial charge >= 0.3 is 6.03 Å². The molecule has 104 valence electrons. The molecular weight excluding hydrogens is 257 g/mol. The van der Waals surface area contributed by atoms with Crippen LogP contribution in [0.1, 0.15) is 11.1 Å².